The van der Waals surface area contributed by atoms with Crippen molar-refractivity contribution in [1.29, 1.82) is 0 Å². The molecule has 0 bridgehead atoms. The molecule has 6 heteroatoms. The van der Waals surface area contributed by atoms with Gasteiger partial charge in [-0.2, -0.15) is 8.42 Å². The minimum absolute atomic E-state index is 0.0269. The van der Waals surface area contributed by atoms with Crippen molar-refractivity contribution in [1.82, 2.24) is 0 Å². The van der Waals surface area contributed by atoms with Gasteiger partial charge in [-0.3, -0.25) is 8.98 Å². The largest absolute Gasteiger partial charge is 0.466 e. The molecule has 0 spiro atoms. The summed E-state index contributed by atoms with van der Waals surface area (Å²) >= 11 is 0. The molecule has 2 aromatic rings. The Labute approximate surface area is 154 Å². The van der Waals surface area contributed by atoms with Crippen LogP contribution in [0.25, 0.3) is 0 Å². The van der Waals surface area contributed by atoms with E-state index in [9.17, 15) is 13.2 Å². The molecule has 5 nitrogen and oxygen atoms in total. The number of carbonyl (C=O) groups excluding carboxylic acids is 1. The topological polar surface area (TPSA) is 69.7 Å². The third kappa shape index (κ3) is 3.97. The predicted octanol–water partition coefficient (Wildman–Crippen LogP) is 3.22. The number of rotatable bonds is 7. The highest BCUT2D eigenvalue weighted by Crippen LogP contribution is 2.54. The quantitative estimate of drug-likeness (QED) is 0.550. The van der Waals surface area contributed by atoms with Gasteiger partial charge in [0.1, 0.15) is 0 Å². The van der Waals surface area contributed by atoms with Gasteiger partial charge in [0, 0.05) is 18.3 Å². The summed E-state index contributed by atoms with van der Waals surface area (Å²) in [6.07, 6.45) is 0.716. The van der Waals surface area contributed by atoms with Crippen LogP contribution in [-0.2, 0) is 29.2 Å². The number of ether oxygens (including phenoxy) is 1. The maximum atomic E-state index is 12.5. The van der Waals surface area contributed by atoms with Crippen LogP contribution in [0.5, 0.6) is 0 Å². The van der Waals surface area contributed by atoms with E-state index in [2.05, 4.69) is 0 Å². The van der Waals surface area contributed by atoms with Crippen LogP contribution in [0.1, 0.15) is 24.5 Å². The van der Waals surface area contributed by atoms with Gasteiger partial charge in [-0.1, -0.05) is 48.0 Å². The average Bonchev–Trinajstić information content (AvgIpc) is 3.34. The van der Waals surface area contributed by atoms with Crippen molar-refractivity contribution in [3.05, 3.63) is 65.7 Å². The van der Waals surface area contributed by atoms with E-state index in [-0.39, 0.29) is 30.0 Å². The van der Waals surface area contributed by atoms with E-state index in [4.69, 9.17) is 8.92 Å². The van der Waals surface area contributed by atoms with Crippen LogP contribution < -0.4 is 0 Å². The van der Waals surface area contributed by atoms with Crippen LogP contribution in [0.2, 0.25) is 0 Å². The van der Waals surface area contributed by atoms with Gasteiger partial charge in [-0.25, -0.2) is 0 Å². The van der Waals surface area contributed by atoms with Gasteiger partial charge in [0.05, 0.1) is 18.1 Å². The molecule has 2 aromatic carbocycles. The predicted molar refractivity (Wildman–Crippen MR) is 97.2 cm³/mol. The second-order valence-corrected chi connectivity index (χ2v) is 8.37. The molecule has 1 fully saturated rings. The first-order valence-electron chi connectivity index (χ1n) is 8.48. The third-order valence-corrected chi connectivity index (χ3v) is 6.13. The molecule has 1 saturated carbocycles. The molecule has 0 saturated heterocycles. The van der Waals surface area contributed by atoms with Gasteiger partial charge >= 0.3 is 5.97 Å². The molecule has 2 atom stereocenters. The fourth-order valence-electron chi connectivity index (χ4n) is 3.16. The molecule has 0 heterocycles. The van der Waals surface area contributed by atoms with Crippen LogP contribution in [-0.4, -0.2) is 27.6 Å². The second-order valence-electron chi connectivity index (χ2n) is 6.76. The minimum Gasteiger partial charge on any atom is -0.466 e. The van der Waals surface area contributed by atoms with Crippen LogP contribution in [0.4, 0.5) is 0 Å². The normalized spacial score (nSPS) is 22.0. The van der Waals surface area contributed by atoms with Gasteiger partial charge in [-0.15, -0.1) is 0 Å². The summed E-state index contributed by atoms with van der Waals surface area (Å²) in [6, 6.07) is 16.2. The first-order chi connectivity index (χ1) is 12.3. The van der Waals surface area contributed by atoms with Gasteiger partial charge in [0.2, 0.25) is 0 Å². The summed E-state index contributed by atoms with van der Waals surface area (Å²) in [4.78, 5) is 11.2. The molecule has 0 amide bonds. The van der Waals surface area contributed by atoms with Crippen molar-refractivity contribution in [2.75, 3.05) is 13.2 Å². The van der Waals surface area contributed by atoms with Crippen molar-refractivity contribution in [2.45, 2.75) is 30.6 Å². The van der Waals surface area contributed by atoms with E-state index >= 15 is 0 Å². The zero-order valence-electron chi connectivity index (χ0n) is 14.8. The SMILES string of the molecule is CC(=O)OC[C@@H]1C[C@@]1(COS(=O)(=O)c1ccc(C)cc1)c1ccccc1. The van der Waals surface area contributed by atoms with Crippen LogP contribution >= 0.6 is 0 Å². The average molecular weight is 374 g/mol. The lowest BCUT2D eigenvalue weighted by Gasteiger charge is -2.18. The monoisotopic (exact) mass is 374 g/mol. The summed E-state index contributed by atoms with van der Waals surface area (Å²) in [5.41, 5.74) is 1.53. The zero-order valence-corrected chi connectivity index (χ0v) is 15.7. The number of hydrogen-bond donors (Lipinski definition) is 0. The van der Waals surface area contributed by atoms with Crippen molar-refractivity contribution >= 4 is 16.1 Å². The Morgan fingerprint density at radius 2 is 1.77 bits per heavy atom. The van der Waals surface area contributed by atoms with E-state index in [0.717, 1.165) is 11.1 Å². The zero-order chi connectivity index (χ0) is 18.8. The van der Waals surface area contributed by atoms with Gasteiger partial charge in [-0.05, 0) is 31.0 Å². The lowest BCUT2D eigenvalue weighted by molar-refractivity contribution is -0.141. The molecule has 3 rings (SSSR count). The molecular formula is C20H22O5S. The van der Waals surface area contributed by atoms with Crippen molar-refractivity contribution in [3.63, 3.8) is 0 Å². The number of carbonyl (C=O) groups is 1. The summed E-state index contributed by atoms with van der Waals surface area (Å²) in [7, 11) is -3.84. The molecule has 1 aliphatic rings. The van der Waals surface area contributed by atoms with Gasteiger partial charge in [0.25, 0.3) is 10.1 Å². The van der Waals surface area contributed by atoms with Gasteiger partial charge < -0.3 is 4.74 Å². The summed E-state index contributed by atoms with van der Waals surface area (Å²) in [5, 5.41) is 0. The lowest BCUT2D eigenvalue weighted by Crippen LogP contribution is -2.23. The van der Waals surface area contributed by atoms with E-state index in [0.29, 0.717) is 6.42 Å². The standard InChI is InChI=1S/C20H22O5S/c1-15-8-10-19(11-9-15)26(22,23)25-14-20(17-6-4-3-5-7-17)12-18(20)13-24-16(2)21/h3-11,18H,12-14H2,1-2H3/t18-,20+/m0/s1. The number of esters is 1. The van der Waals surface area contributed by atoms with Crippen molar-refractivity contribution in [2.24, 2.45) is 5.92 Å². The smallest absolute Gasteiger partial charge is 0.302 e. The molecule has 0 radical (unpaired) electrons. The fraction of sp³-hybridized carbons (Fsp3) is 0.350. The Balaban J connectivity index is 1.77. The molecule has 0 N–H and O–H groups in total. The van der Waals surface area contributed by atoms with E-state index in [1.165, 1.54) is 6.92 Å². The van der Waals surface area contributed by atoms with E-state index in [1.807, 2.05) is 37.3 Å². The van der Waals surface area contributed by atoms with Crippen LogP contribution in [0.3, 0.4) is 0 Å². The molecule has 0 aliphatic heterocycles. The first-order valence-corrected chi connectivity index (χ1v) is 9.89. The fourth-order valence-corrected chi connectivity index (χ4v) is 4.13. The van der Waals surface area contributed by atoms with Crippen molar-refractivity contribution < 1.29 is 22.1 Å². The summed E-state index contributed by atoms with van der Waals surface area (Å²) in [6.45, 7) is 3.55. The van der Waals surface area contributed by atoms with E-state index in [1.54, 1.807) is 24.3 Å². The Morgan fingerprint density at radius 3 is 2.38 bits per heavy atom. The first kappa shape index (κ1) is 18.6. The highest BCUT2D eigenvalue weighted by atomic mass is 32.2. The van der Waals surface area contributed by atoms with Crippen LogP contribution in [0.15, 0.2) is 59.5 Å². The highest BCUT2D eigenvalue weighted by Gasteiger charge is 2.56. The molecular weight excluding hydrogens is 352 g/mol. The number of aryl methyl sites for hydroxylation is 1. The maximum absolute atomic E-state index is 12.5. The number of hydrogen-bond acceptors (Lipinski definition) is 5. The maximum Gasteiger partial charge on any atom is 0.302 e. The Hall–Kier alpha value is -2.18. The van der Waals surface area contributed by atoms with Crippen molar-refractivity contribution in [3.8, 4) is 0 Å². The highest BCUT2D eigenvalue weighted by molar-refractivity contribution is 7.86. The second kappa shape index (κ2) is 7.21. The van der Waals surface area contributed by atoms with Gasteiger partial charge in [0.15, 0.2) is 0 Å². The molecule has 0 unspecified atom stereocenters. The summed E-state index contributed by atoms with van der Waals surface area (Å²) < 4.78 is 35.6. The molecule has 1 aliphatic carbocycles. The Bertz CT molecular complexity index is 874. The molecule has 0 aromatic heterocycles. The Kier molecular flexibility index (Phi) is 5.16. The Morgan fingerprint density at radius 1 is 1.12 bits per heavy atom. The third-order valence-electron chi connectivity index (χ3n) is 4.85. The molecule has 26 heavy (non-hydrogen) atoms. The number of benzene rings is 2. The summed E-state index contributed by atoms with van der Waals surface area (Å²) in [5.74, 6) is -0.297. The van der Waals surface area contributed by atoms with Crippen LogP contribution in [0, 0.1) is 12.8 Å². The lowest BCUT2D eigenvalue weighted by atomic mass is 9.94. The van der Waals surface area contributed by atoms with E-state index < -0.39 is 15.5 Å². The minimum atomic E-state index is -3.84. The molecule has 138 valence electrons.